The molecule has 0 saturated carbocycles. The molecular formula is C26H25FN6O3. The molecule has 2 N–H and O–H groups in total. The molecule has 1 aliphatic rings. The molecule has 0 atom stereocenters. The number of piperazine rings is 1. The van der Waals surface area contributed by atoms with Crippen LogP contribution in [-0.2, 0) is 4.79 Å². The minimum atomic E-state index is -0.333. The highest BCUT2D eigenvalue weighted by Gasteiger charge is 2.18. The van der Waals surface area contributed by atoms with Gasteiger partial charge in [0, 0.05) is 49.7 Å². The zero-order chi connectivity index (χ0) is 25.1. The van der Waals surface area contributed by atoms with E-state index in [1.54, 1.807) is 42.5 Å². The Hall–Kier alpha value is -4.44. The van der Waals surface area contributed by atoms with Crippen LogP contribution in [0.4, 0.5) is 27.4 Å². The van der Waals surface area contributed by atoms with Crippen LogP contribution in [0, 0.1) is 5.82 Å². The fraction of sp³-hybridized carbons (Fsp3) is 0.192. The van der Waals surface area contributed by atoms with Crippen molar-refractivity contribution in [2.75, 3.05) is 48.8 Å². The first kappa shape index (κ1) is 23.3. The van der Waals surface area contributed by atoms with Crippen LogP contribution in [0.3, 0.4) is 0 Å². The van der Waals surface area contributed by atoms with Crippen LogP contribution in [0.2, 0.25) is 0 Å². The minimum absolute atomic E-state index is 0.175. The molecule has 9 nitrogen and oxygen atoms in total. The van der Waals surface area contributed by atoms with Crippen molar-refractivity contribution in [3.8, 4) is 11.6 Å². The number of amides is 1. The number of nitrogens with one attached hydrogen (secondary N) is 2. The van der Waals surface area contributed by atoms with Crippen LogP contribution >= 0.6 is 0 Å². The van der Waals surface area contributed by atoms with Gasteiger partial charge in [0.25, 0.3) is 5.88 Å². The number of hydrogen-bond acceptors (Lipinski definition) is 8. The summed E-state index contributed by atoms with van der Waals surface area (Å²) in [6.45, 7) is 6.79. The minimum Gasteiger partial charge on any atom is -0.457 e. The molecule has 1 amide bonds. The van der Waals surface area contributed by atoms with Gasteiger partial charge in [-0.2, -0.15) is 4.98 Å². The van der Waals surface area contributed by atoms with Gasteiger partial charge in [-0.15, -0.1) is 0 Å². The SMILES string of the molecule is C=CC(=O)Nc1cccc(Oc2nc(Nc3ccc(N4CCN(C)CC4)c(F)c3)nc3ccoc23)c1. The number of likely N-dealkylation sites (N-methyl/N-ethyl adjacent to an activating group) is 1. The predicted octanol–water partition coefficient (Wildman–Crippen LogP) is 4.77. The molecule has 5 rings (SSSR count). The zero-order valence-electron chi connectivity index (χ0n) is 19.7. The third-order valence-corrected chi connectivity index (χ3v) is 5.82. The number of nitrogens with zero attached hydrogens (tertiary/aromatic N) is 4. The molecule has 2 aromatic carbocycles. The average molecular weight is 489 g/mol. The lowest BCUT2D eigenvalue weighted by atomic mass is 10.2. The molecular weight excluding hydrogens is 463 g/mol. The van der Waals surface area contributed by atoms with Gasteiger partial charge < -0.3 is 29.6 Å². The first-order valence-electron chi connectivity index (χ1n) is 11.4. The van der Waals surface area contributed by atoms with Gasteiger partial charge in [0.2, 0.25) is 17.4 Å². The molecule has 4 aromatic rings. The van der Waals surface area contributed by atoms with Gasteiger partial charge in [0.15, 0.2) is 0 Å². The molecule has 0 unspecified atom stereocenters. The molecule has 1 saturated heterocycles. The number of carbonyl (C=O) groups is 1. The summed E-state index contributed by atoms with van der Waals surface area (Å²) >= 11 is 0. The highest BCUT2D eigenvalue weighted by atomic mass is 19.1. The second-order valence-electron chi connectivity index (χ2n) is 8.39. The largest absolute Gasteiger partial charge is 0.457 e. The Bertz CT molecular complexity index is 1410. The number of aromatic nitrogens is 2. The van der Waals surface area contributed by atoms with Crippen molar-refractivity contribution in [2.24, 2.45) is 0 Å². The highest BCUT2D eigenvalue weighted by Crippen LogP contribution is 2.32. The molecule has 0 aliphatic carbocycles. The quantitative estimate of drug-likeness (QED) is 0.359. The van der Waals surface area contributed by atoms with E-state index in [2.05, 4.69) is 39.1 Å². The van der Waals surface area contributed by atoms with Gasteiger partial charge in [-0.1, -0.05) is 12.6 Å². The Balaban J connectivity index is 1.37. The van der Waals surface area contributed by atoms with E-state index in [0.717, 1.165) is 26.2 Å². The van der Waals surface area contributed by atoms with Gasteiger partial charge in [-0.25, -0.2) is 9.37 Å². The molecule has 0 radical (unpaired) electrons. The van der Waals surface area contributed by atoms with Crippen LogP contribution in [0.1, 0.15) is 0 Å². The average Bonchev–Trinajstić information content (AvgIpc) is 3.34. The number of benzene rings is 2. The number of anilines is 4. The summed E-state index contributed by atoms with van der Waals surface area (Å²) in [7, 11) is 2.06. The maximum absolute atomic E-state index is 14.9. The Morgan fingerprint density at radius 1 is 1.11 bits per heavy atom. The van der Waals surface area contributed by atoms with Crippen molar-refractivity contribution in [3.63, 3.8) is 0 Å². The zero-order valence-corrected chi connectivity index (χ0v) is 19.7. The Labute approximate surface area is 207 Å². The fourth-order valence-electron chi connectivity index (χ4n) is 3.92. The summed E-state index contributed by atoms with van der Waals surface area (Å²) in [5, 5.41) is 5.74. The number of rotatable bonds is 7. The predicted molar refractivity (Wildman–Crippen MR) is 137 cm³/mol. The van der Waals surface area contributed by atoms with E-state index < -0.39 is 0 Å². The first-order valence-corrected chi connectivity index (χ1v) is 11.4. The van der Waals surface area contributed by atoms with Gasteiger partial charge in [0.1, 0.15) is 17.1 Å². The summed E-state index contributed by atoms with van der Waals surface area (Å²) in [5.74, 6) is 0.182. The number of ether oxygens (including phenoxy) is 1. The third kappa shape index (κ3) is 5.13. The number of halogens is 1. The van der Waals surface area contributed by atoms with Crippen molar-refractivity contribution in [3.05, 3.63) is 73.3 Å². The van der Waals surface area contributed by atoms with E-state index in [1.165, 1.54) is 18.4 Å². The molecule has 1 fully saturated rings. The van der Waals surface area contributed by atoms with E-state index in [9.17, 15) is 9.18 Å². The molecule has 0 spiro atoms. The molecule has 184 valence electrons. The standard InChI is InChI=1S/C26H25FN6O3/c1-3-23(34)28-17-5-4-6-19(15-17)36-25-24-21(9-14-35-24)30-26(31-25)29-18-7-8-22(20(27)16-18)33-12-10-32(2)11-13-33/h3-9,14-16H,1,10-13H2,2H3,(H,28,34)(H,29,30,31). The second kappa shape index (κ2) is 10.0. The van der Waals surface area contributed by atoms with Crippen LogP contribution in [-0.4, -0.2) is 54.0 Å². The van der Waals surface area contributed by atoms with E-state index in [-0.39, 0.29) is 23.6 Å². The Kier molecular flexibility index (Phi) is 6.50. The van der Waals surface area contributed by atoms with Crippen molar-refractivity contribution >= 4 is 40.0 Å². The van der Waals surface area contributed by atoms with Gasteiger partial charge in [-0.05, 0) is 43.5 Å². The van der Waals surface area contributed by atoms with Gasteiger partial charge >= 0.3 is 0 Å². The second-order valence-corrected chi connectivity index (χ2v) is 8.39. The molecule has 36 heavy (non-hydrogen) atoms. The first-order chi connectivity index (χ1) is 17.5. The topological polar surface area (TPSA) is 95.8 Å². The number of furan rings is 1. The summed E-state index contributed by atoms with van der Waals surface area (Å²) in [6, 6.07) is 13.5. The lowest BCUT2D eigenvalue weighted by Crippen LogP contribution is -2.44. The molecule has 2 aromatic heterocycles. The number of hydrogen-bond donors (Lipinski definition) is 2. The lowest BCUT2D eigenvalue weighted by molar-refractivity contribution is -0.111. The molecule has 3 heterocycles. The summed E-state index contributed by atoms with van der Waals surface area (Å²) in [4.78, 5) is 24.8. The lowest BCUT2D eigenvalue weighted by Gasteiger charge is -2.34. The third-order valence-electron chi connectivity index (χ3n) is 5.82. The maximum Gasteiger partial charge on any atom is 0.268 e. The van der Waals surface area contributed by atoms with Gasteiger partial charge in [-0.3, -0.25) is 4.79 Å². The smallest absolute Gasteiger partial charge is 0.268 e. The van der Waals surface area contributed by atoms with Crippen molar-refractivity contribution in [2.45, 2.75) is 0 Å². The van der Waals surface area contributed by atoms with Crippen LogP contribution in [0.25, 0.3) is 11.1 Å². The number of carbonyl (C=O) groups excluding carboxylic acids is 1. The highest BCUT2D eigenvalue weighted by molar-refractivity contribution is 5.99. The molecule has 1 aliphatic heterocycles. The van der Waals surface area contributed by atoms with Gasteiger partial charge in [0.05, 0.1) is 12.0 Å². The Morgan fingerprint density at radius 2 is 1.94 bits per heavy atom. The van der Waals surface area contributed by atoms with Crippen LogP contribution < -0.4 is 20.3 Å². The van der Waals surface area contributed by atoms with Crippen LogP contribution in [0.5, 0.6) is 11.6 Å². The van der Waals surface area contributed by atoms with Crippen LogP contribution in [0.15, 0.2) is 71.9 Å². The van der Waals surface area contributed by atoms with Crippen molar-refractivity contribution in [1.29, 1.82) is 0 Å². The summed E-state index contributed by atoms with van der Waals surface area (Å²) in [5.41, 5.74) is 2.50. The van der Waals surface area contributed by atoms with E-state index in [1.807, 2.05) is 4.90 Å². The Morgan fingerprint density at radius 3 is 2.72 bits per heavy atom. The van der Waals surface area contributed by atoms with E-state index >= 15 is 0 Å². The fourth-order valence-corrected chi connectivity index (χ4v) is 3.92. The van der Waals surface area contributed by atoms with Crippen molar-refractivity contribution < 1.29 is 18.3 Å². The maximum atomic E-state index is 14.9. The summed E-state index contributed by atoms with van der Waals surface area (Å²) < 4.78 is 26.4. The molecule has 0 bridgehead atoms. The monoisotopic (exact) mass is 488 g/mol. The summed E-state index contributed by atoms with van der Waals surface area (Å²) in [6.07, 6.45) is 2.67. The number of fused-ring (bicyclic) bond motifs is 1. The van der Waals surface area contributed by atoms with E-state index in [4.69, 9.17) is 9.15 Å². The molecule has 10 heteroatoms. The van der Waals surface area contributed by atoms with Crippen molar-refractivity contribution in [1.82, 2.24) is 14.9 Å². The normalized spacial score (nSPS) is 14.0. The van der Waals surface area contributed by atoms with E-state index in [0.29, 0.717) is 33.9 Å².